The number of carbonyl (C=O) groups is 3. The number of para-hydroxylation sites is 1. The van der Waals surface area contributed by atoms with Crippen LogP contribution in [0.3, 0.4) is 0 Å². The molecular formula is C41H52N6O4S. The van der Waals surface area contributed by atoms with E-state index in [-0.39, 0.29) is 29.3 Å². The summed E-state index contributed by atoms with van der Waals surface area (Å²) in [6, 6.07) is 22.7. The van der Waals surface area contributed by atoms with Crippen LogP contribution in [0.1, 0.15) is 69.1 Å². The van der Waals surface area contributed by atoms with E-state index in [1.807, 2.05) is 119 Å². The van der Waals surface area contributed by atoms with Crippen molar-refractivity contribution in [3.8, 4) is 0 Å². The van der Waals surface area contributed by atoms with E-state index in [1.165, 1.54) is 0 Å². The zero-order valence-corrected chi connectivity index (χ0v) is 31.6. The lowest BCUT2D eigenvalue weighted by Gasteiger charge is -2.41. The third-order valence-corrected chi connectivity index (χ3v) is 10.7. The van der Waals surface area contributed by atoms with Crippen LogP contribution in [-0.4, -0.2) is 85.8 Å². The number of likely N-dealkylation sites (tertiary alicyclic amines) is 1. The molecule has 0 saturated carbocycles. The third kappa shape index (κ3) is 11.1. The van der Waals surface area contributed by atoms with Crippen molar-refractivity contribution in [2.45, 2.75) is 94.7 Å². The first-order valence-corrected chi connectivity index (χ1v) is 19.2. The fourth-order valence-corrected chi connectivity index (χ4v) is 7.70. The summed E-state index contributed by atoms with van der Waals surface area (Å²) in [5.74, 6) is -0.342. The van der Waals surface area contributed by atoms with Crippen LogP contribution in [0.4, 0.5) is 0 Å². The monoisotopic (exact) mass is 724 g/mol. The summed E-state index contributed by atoms with van der Waals surface area (Å²) >= 11 is 1.83. The lowest BCUT2D eigenvalue weighted by atomic mass is 9.95. The molecule has 2 aromatic carbocycles. The molecule has 52 heavy (non-hydrogen) atoms. The van der Waals surface area contributed by atoms with Crippen LogP contribution in [0.2, 0.25) is 0 Å². The fourth-order valence-electron chi connectivity index (χ4n) is 6.51. The summed E-state index contributed by atoms with van der Waals surface area (Å²) in [7, 11) is 0. The number of hydrogen-bond donors (Lipinski definition) is 4. The predicted octanol–water partition coefficient (Wildman–Crippen LogP) is 5.15. The number of nitrogens with zero attached hydrogens (tertiary/aromatic N) is 3. The summed E-state index contributed by atoms with van der Waals surface area (Å²) in [6.07, 6.45) is 4.50. The zero-order valence-electron chi connectivity index (χ0n) is 30.8. The molecule has 4 aromatic rings. The van der Waals surface area contributed by atoms with E-state index < -0.39 is 41.6 Å². The molecule has 10 nitrogen and oxygen atoms in total. The minimum atomic E-state index is -1.00. The van der Waals surface area contributed by atoms with Gasteiger partial charge in [-0.05, 0) is 75.3 Å². The maximum atomic E-state index is 14.0. The average Bonchev–Trinajstić information content (AvgIpc) is 3.12. The van der Waals surface area contributed by atoms with Gasteiger partial charge in [-0.25, -0.2) is 4.98 Å². The standard InChI is InChI=1S/C41H52N6O4S/c1-27(2)37(45-38(49)33-18-17-30-15-9-10-16-32(30)43-33)40(51)44-34(22-28-12-7-6-8-13-28)36(48)25-47-21-19-31(52-26-29-14-11-20-42-24-29)23-35(47)39(50)46-41(3,4)5/h6-18,20,24,27,31,34-37,48H,19,21-23,25-26H2,1-5H3,(H,44,51)(H,45,49)(H,46,50)/t31-,34+,35+,36-,37+/m1/s1. The molecule has 11 heteroatoms. The highest BCUT2D eigenvalue weighted by molar-refractivity contribution is 7.99. The van der Waals surface area contributed by atoms with E-state index in [4.69, 9.17) is 0 Å². The van der Waals surface area contributed by atoms with Crippen molar-refractivity contribution < 1.29 is 19.5 Å². The number of carbonyl (C=O) groups excluding carboxylic acids is 3. The van der Waals surface area contributed by atoms with Crippen LogP contribution < -0.4 is 16.0 Å². The Labute approximate surface area is 311 Å². The molecule has 0 radical (unpaired) electrons. The average molecular weight is 725 g/mol. The van der Waals surface area contributed by atoms with E-state index in [9.17, 15) is 19.5 Å². The smallest absolute Gasteiger partial charge is 0.270 e. The minimum absolute atomic E-state index is 0.0695. The summed E-state index contributed by atoms with van der Waals surface area (Å²) < 4.78 is 0. The van der Waals surface area contributed by atoms with Gasteiger partial charge >= 0.3 is 0 Å². The van der Waals surface area contributed by atoms with Crippen LogP contribution in [0.5, 0.6) is 0 Å². The number of β-amino-alcohol motifs (C(OH)–C–C–N with tert-alkyl or cyclic N) is 1. The molecule has 1 saturated heterocycles. The molecule has 4 N–H and O–H groups in total. The van der Waals surface area contributed by atoms with Crippen molar-refractivity contribution in [2.24, 2.45) is 5.92 Å². The van der Waals surface area contributed by atoms with Crippen LogP contribution >= 0.6 is 11.8 Å². The van der Waals surface area contributed by atoms with Gasteiger partial charge in [-0.1, -0.05) is 74.5 Å². The Kier molecular flexibility index (Phi) is 13.4. The van der Waals surface area contributed by atoms with Gasteiger partial charge in [-0.2, -0.15) is 11.8 Å². The van der Waals surface area contributed by atoms with Crippen molar-refractivity contribution in [3.63, 3.8) is 0 Å². The van der Waals surface area contributed by atoms with Gasteiger partial charge in [0.2, 0.25) is 11.8 Å². The highest BCUT2D eigenvalue weighted by Gasteiger charge is 2.38. The normalized spacial score (nSPS) is 18.4. The van der Waals surface area contributed by atoms with Gasteiger partial charge in [0.1, 0.15) is 11.7 Å². The van der Waals surface area contributed by atoms with Gasteiger partial charge in [-0.3, -0.25) is 24.3 Å². The summed E-state index contributed by atoms with van der Waals surface area (Å²) in [4.78, 5) is 51.9. The lowest BCUT2D eigenvalue weighted by molar-refractivity contribution is -0.130. The quantitative estimate of drug-likeness (QED) is 0.140. The van der Waals surface area contributed by atoms with Crippen LogP contribution in [-0.2, 0) is 21.8 Å². The Morgan fingerprint density at radius 1 is 0.942 bits per heavy atom. The molecule has 276 valence electrons. The lowest BCUT2D eigenvalue weighted by Crippen LogP contribution is -2.60. The van der Waals surface area contributed by atoms with Crippen molar-refractivity contribution in [3.05, 3.63) is 108 Å². The molecule has 0 unspecified atom stereocenters. The Morgan fingerprint density at radius 3 is 2.38 bits per heavy atom. The number of thioether (sulfide) groups is 1. The van der Waals surface area contributed by atoms with Gasteiger partial charge < -0.3 is 21.1 Å². The second-order valence-corrected chi connectivity index (χ2v) is 16.3. The van der Waals surface area contributed by atoms with E-state index in [0.717, 1.165) is 28.7 Å². The van der Waals surface area contributed by atoms with Crippen LogP contribution in [0, 0.1) is 5.92 Å². The number of pyridine rings is 2. The van der Waals surface area contributed by atoms with Crippen molar-refractivity contribution >= 4 is 40.4 Å². The van der Waals surface area contributed by atoms with Crippen molar-refractivity contribution in [1.29, 1.82) is 0 Å². The predicted molar refractivity (Wildman–Crippen MR) is 208 cm³/mol. The number of fused-ring (bicyclic) bond motifs is 1. The molecule has 3 heterocycles. The first-order valence-electron chi connectivity index (χ1n) is 18.1. The number of hydrogen-bond acceptors (Lipinski definition) is 8. The zero-order chi connectivity index (χ0) is 37.3. The Hall–Kier alpha value is -4.32. The second kappa shape index (κ2) is 17.9. The van der Waals surface area contributed by atoms with Gasteiger partial charge in [0.05, 0.1) is 23.7 Å². The molecule has 0 spiro atoms. The Balaban J connectivity index is 1.31. The number of piperidine rings is 1. The van der Waals surface area contributed by atoms with E-state index >= 15 is 0 Å². The van der Waals surface area contributed by atoms with Crippen LogP contribution in [0.15, 0.2) is 91.3 Å². The molecule has 1 aliphatic heterocycles. The van der Waals surface area contributed by atoms with Gasteiger partial charge in [0.15, 0.2) is 0 Å². The number of amides is 3. The highest BCUT2D eigenvalue weighted by atomic mass is 32.2. The summed E-state index contributed by atoms with van der Waals surface area (Å²) in [5.41, 5.74) is 2.59. The summed E-state index contributed by atoms with van der Waals surface area (Å²) in [5, 5.41) is 22.2. The molecule has 1 aliphatic rings. The number of benzene rings is 2. The molecule has 0 bridgehead atoms. The Morgan fingerprint density at radius 2 is 1.67 bits per heavy atom. The van der Waals surface area contributed by atoms with E-state index in [0.29, 0.717) is 24.9 Å². The number of nitrogens with one attached hydrogen (secondary N) is 3. The Bertz CT molecular complexity index is 1780. The summed E-state index contributed by atoms with van der Waals surface area (Å²) in [6.45, 7) is 10.5. The van der Waals surface area contributed by atoms with Gasteiger partial charge in [-0.15, -0.1) is 0 Å². The minimum Gasteiger partial charge on any atom is -0.390 e. The largest absolute Gasteiger partial charge is 0.390 e. The van der Waals surface area contributed by atoms with E-state index in [2.05, 4.69) is 36.9 Å². The second-order valence-electron chi connectivity index (χ2n) is 15.0. The van der Waals surface area contributed by atoms with Crippen LogP contribution in [0.25, 0.3) is 10.9 Å². The number of aromatic nitrogens is 2. The SMILES string of the molecule is CC(C)[C@H](NC(=O)c1ccc2ccccc2n1)C(=O)N[C@@H](Cc1ccccc1)[C@H](O)CN1CC[C@@H](SCc2cccnc2)C[C@H]1C(=O)NC(C)(C)C. The molecule has 1 fully saturated rings. The number of aliphatic hydroxyl groups is 1. The third-order valence-electron chi connectivity index (χ3n) is 9.25. The number of rotatable bonds is 14. The number of aliphatic hydroxyl groups excluding tert-OH is 1. The maximum absolute atomic E-state index is 14.0. The van der Waals surface area contributed by atoms with Gasteiger partial charge in [0.25, 0.3) is 5.91 Å². The van der Waals surface area contributed by atoms with Crippen molar-refractivity contribution in [1.82, 2.24) is 30.8 Å². The maximum Gasteiger partial charge on any atom is 0.270 e. The first-order chi connectivity index (χ1) is 24.9. The van der Waals surface area contributed by atoms with Crippen molar-refractivity contribution in [2.75, 3.05) is 13.1 Å². The molecule has 5 rings (SSSR count). The molecule has 2 aromatic heterocycles. The molecular weight excluding hydrogens is 673 g/mol. The van der Waals surface area contributed by atoms with E-state index in [1.54, 1.807) is 12.3 Å². The van der Waals surface area contributed by atoms with Gasteiger partial charge in [0, 0.05) is 47.4 Å². The first kappa shape index (κ1) is 38.9. The fraction of sp³-hybridized carbons (Fsp3) is 0.439. The highest BCUT2D eigenvalue weighted by Crippen LogP contribution is 2.30. The molecule has 3 amide bonds. The molecule has 5 atom stereocenters. The molecule has 0 aliphatic carbocycles. The topological polar surface area (TPSA) is 137 Å².